The summed E-state index contributed by atoms with van der Waals surface area (Å²) >= 11 is 0. The molecule has 26 nitrogen and oxygen atoms in total. The summed E-state index contributed by atoms with van der Waals surface area (Å²) in [5, 5.41) is 54.8. The molecule has 8 rings (SSSR count). The molecule has 0 radical (unpaired) electrons. The monoisotopic (exact) mass is 774 g/mol. The lowest BCUT2D eigenvalue weighted by atomic mass is 10.1. The lowest BCUT2D eigenvalue weighted by Gasteiger charge is -2.26. The van der Waals surface area contributed by atoms with Gasteiger partial charge in [-0.05, 0) is 0 Å². The van der Waals surface area contributed by atoms with Gasteiger partial charge in [-0.15, -0.1) is 0 Å². The minimum Gasteiger partial charge on any atom is -0.394 e. The highest BCUT2D eigenvalue weighted by atomic mass is 16.6. The van der Waals surface area contributed by atoms with Crippen molar-refractivity contribution in [3.05, 3.63) is 66.5 Å². The maximum atomic E-state index is 12.7. The highest BCUT2D eigenvalue weighted by molar-refractivity contribution is 5.71. The number of nitrogen functional groups attached to an aromatic ring is 2. The van der Waals surface area contributed by atoms with Crippen molar-refractivity contribution < 1.29 is 49.2 Å². The lowest BCUT2D eigenvalue weighted by Crippen LogP contribution is -2.43. The summed E-state index contributed by atoms with van der Waals surface area (Å²) in [6, 6.07) is 1.03. The number of anilines is 2. The Hall–Kier alpha value is -5.42. The van der Waals surface area contributed by atoms with Crippen molar-refractivity contribution >= 4 is 34.2 Å². The molecule has 12 N–H and O–H groups in total. The van der Waals surface area contributed by atoms with Crippen LogP contribution in [0, 0.1) is 0 Å². The number of aliphatic hydroxyl groups is 5. The molecule has 0 spiro atoms. The Morgan fingerprint density at radius 3 is 1.73 bits per heavy atom. The number of imidazole rings is 2. The van der Waals surface area contributed by atoms with Crippen LogP contribution in [0.4, 0.5) is 11.9 Å². The molecule has 3 aliphatic rings. The number of fused-ring (bicyclic) bond motifs is 2. The molecule has 0 aromatic carbocycles. The highest BCUT2D eigenvalue weighted by Gasteiger charge is 2.51. The van der Waals surface area contributed by atoms with Gasteiger partial charge in [-0.1, -0.05) is 0 Å². The molecule has 0 aliphatic carbocycles. The molecule has 0 saturated carbocycles. The lowest BCUT2D eigenvalue weighted by molar-refractivity contribution is -0.131. The fraction of sp³-hybridized carbons (Fsp3) is 0.517. The Balaban J connectivity index is 1.02. The van der Waals surface area contributed by atoms with E-state index in [4.69, 9.17) is 35.2 Å². The third kappa shape index (κ3) is 6.28. The van der Waals surface area contributed by atoms with Crippen molar-refractivity contribution in [1.29, 1.82) is 0 Å². The minimum absolute atomic E-state index is 0.00788. The summed E-state index contributed by atoms with van der Waals surface area (Å²) in [5.74, 6) is -0.440. The van der Waals surface area contributed by atoms with Crippen molar-refractivity contribution in [3.8, 4) is 0 Å². The molecule has 3 saturated heterocycles. The number of H-pyrrole nitrogens is 3. The van der Waals surface area contributed by atoms with E-state index in [9.17, 15) is 44.7 Å². The molecule has 0 amide bonds. The molecule has 5 aromatic heterocycles. The third-order valence-corrected chi connectivity index (χ3v) is 9.62. The average molecular weight is 775 g/mol. The number of ether oxygens (including phenoxy) is 5. The molecule has 0 bridgehead atoms. The van der Waals surface area contributed by atoms with Crippen molar-refractivity contribution in [2.45, 2.75) is 73.6 Å². The maximum Gasteiger partial charge on any atom is 0.330 e. The quantitative estimate of drug-likeness (QED) is 0.0631. The van der Waals surface area contributed by atoms with Crippen molar-refractivity contribution in [2.75, 3.05) is 31.3 Å². The number of hydrogen-bond donors (Lipinski definition) is 10. The van der Waals surface area contributed by atoms with Crippen LogP contribution in [0.15, 0.2) is 44.1 Å². The van der Waals surface area contributed by atoms with Crippen LogP contribution < -0.4 is 33.8 Å². The van der Waals surface area contributed by atoms with E-state index in [1.807, 2.05) is 0 Å². The first-order valence-electron chi connectivity index (χ1n) is 16.6. The summed E-state index contributed by atoms with van der Waals surface area (Å²) in [6.07, 6.45) is -13.0. The van der Waals surface area contributed by atoms with E-state index in [2.05, 4.69) is 34.9 Å². The first kappa shape index (κ1) is 36.6. The fourth-order valence-corrected chi connectivity index (χ4v) is 6.99. The van der Waals surface area contributed by atoms with Crippen LogP contribution in [0.3, 0.4) is 0 Å². The summed E-state index contributed by atoms with van der Waals surface area (Å²) in [4.78, 5) is 71.9. The molecule has 5 aromatic rings. The van der Waals surface area contributed by atoms with Gasteiger partial charge >= 0.3 is 5.69 Å². The number of rotatable bonds is 10. The van der Waals surface area contributed by atoms with Gasteiger partial charge < -0.3 is 60.7 Å². The molecule has 3 fully saturated rings. The van der Waals surface area contributed by atoms with Gasteiger partial charge in [0.15, 0.2) is 41.0 Å². The SMILES string of the molecule is Nc1nc2c(ncn2[C@@H]2O[C@H](CO[C@H]3[C@@H](O)[C@H](n4ccc(=O)[nH]c4=O)O[C@@H]3CO[C@H]3[C@@H](O)[C@H](n4cnc5c(=O)[nH]c(N)nc54)O[C@@H]3CO)[C@@H](O)[C@H]2O)c(=O)[nH]1. The van der Waals surface area contributed by atoms with E-state index in [0.717, 1.165) is 16.8 Å². The van der Waals surface area contributed by atoms with Crippen LogP contribution in [-0.4, -0.2) is 149 Å². The number of nitrogens with one attached hydrogen (secondary N) is 3. The Bertz CT molecular complexity index is 2460. The van der Waals surface area contributed by atoms with E-state index in [1.165, 1.54) is 21.8 Å². The van der Waals surface area contributed by atoms with Crippen molar-refractivity contribution in [1.82, 2.24) is 48.6 Å². The van der Waals surface area contributed by atoms with Crippen LogP contribution >= 0.6 is 0 Å². The molecule has 55 heavy (non-hydrogen) atoms. The van der Waals surface area contributed by atoms with E-state index >= 15 is 0 Å². The molecule has 294 valence electrons. The Morgan fingerprint density at radius 2 is 1.16 bits per heavy atom. The minimum atomic E-state index is -1.62. The second-order valence-corrected chi connectivity index (χ2v) is 13.0. The van der Waals surface area contributed by atoms with Gasteiger partial charge in [0.05, 0.1) is 32.5 Å². The summed E-state index contributed by atoms with van der Waals surface area (Å²) < 4.78 is 33.2. The normalized spacial score (nSPS) is 32.3. The summed E-state index contributed by atoms with van der Waals surface area (Å²) in [5.41, 5.74) is 8.27. The number of nitrogens with two attached hydrogens (primary N) is 2. The summed E-state index contributed by atoms with van der Waals surface area (Å²) in [6.45, 7) is -1.57. The molecule has 12 atom stereocenters. The fourth-order valence-electron chi connectivity index (χ4n) is 6.99. The largest absolute Gasteiger partial charge is 0.394 e. The van der Waals surface area contributed by atoms with Gasteiger partial charge in [0.2, 0.25) is 11.9 Å². The average Bonchev–Trinajstić information content (AvgIpc) is 3.94. The Kier molecular flexibility index (Phi) is 9.31. The van der Waals surface area contributed by atoms with Crippen molar-refractivity contribution in [3.63, 3.8) is 0 Å². The molecule has 8 heterocycles. The number of hydrogen-bond acceptors (Lipinski definition) is 20. The van der Waals surface area contributed by atoms with E-state index in [1.54, 1.807) is 0 Å². The van der Waals surface area contributed by atoms with Crippen LogP contribution in [0.25, 0.3) is 22.3 Å². The first-order chi connectivity index (χ1) is 26.3. The van der Waals surface area contributed by atoms with Gasteiger partial charge in [0, 0.05) is 12.3 Å². The number of nitrogens with zero attached hydrogens (tertiary/aromatic N) is 7. The molecule has 26 heteroatoms. The second kappa shape index (κ2) is 14.0. The van der Waals surface area contributed by atoms with E-state index in [0.29, 0.717) is 0 Å². The van der Waals surface area contributed by atoms with E-state index < -0.39 is 116 Å². The number of aromatic amines is 3. The number of aromatic nitrogens is 10. The smallest absolute Gasteiger partial charge is 0.330 e. The maximum absolute atomic E-state index is 12.7. The van der Waals surface area contributed by atoms with Crippen LogP contribution in [0.2, 0.25) is 0 Å². The number of aliphatic hydroxyl groups excluding tert-OH is 5. The van der Waals surface area contributed by atoms with Gasteiger partial charge in [-0.2, -0.15) is 9.97 Å². The van der Waals surface area contributed by atoms with Gasteiger partial charge in [0.1, 0.15) is 54.9 Å². The van der Waals surface area contributed by atoms with Gasteiger partial charge in [-0.3, -0.25) is 43.0 Å². The molecular formula is C29H34N12O14. The van der Waals surface area contributed by atoms with Crippen LogP contribution in [-0.2, 0) is 23.7 Å². The zero-order valence-corrected chi connectivity index (χ0v) is 28.1. The Morgan fingerprint density at radius 1 is 0.673 bits per heavy atom. The van der Waals surface area contributed by atoms with E-state index in [-0.39, 0.29) is 34.2 Å². The zero-order valence-electron chi connectivity index (χ0n) is 28.1. The molecule has 3 aliphatic heterocycles. The van der Waals surface area contributed by atoms with Gasteiger partial charge in [-0.25, -0.2) is 14.8 Å². The molecular weight excluding hydrogens is 740 g/mol. The predicted molar refractivity (Wildman–Crippen MR) is 179 cm³/mol. The topological polar surface area (TPSA) is 381 Å². The van der Waals surface area contributed by atoms with Crippen molar-refractivity contribution in [2.24, 2.45) is 0 Å². The Labute approximate surface area is 303 Å². The zero-order chi connectivity index (χ0) is 38.9. The summed E-state index contributed by atoms with van der Waals surface area (Å²) in [7, 11) is 0. The van der Waals surface area contributed by atoms with Crippen LogP contribution in [0.5, 0.6) is 0 Å². The standard InChI is InChI=1S/C29H34N12O14/c30-27-35-20-12(22(48)37-27)32-6-40(20)24-15(45)14(44)9(54-24)4-51-19-10(55-25(17(19)47)39-2-1-11(43)34-29(39)50)5-52-18-8(3-42)53-26(16(18)46)41-7-33-13-21(41)36-28(31)38-23(13)49/h1-2,6-10,14-19,24-26,42,44-47H,3-5H2,(H,34,43,50)(H3,30,35,37,48)(H3,31,36,38,49)/t8-,9-,10-,14-,15-,16-,17-,18-,19-,24-,25-,26-/m1/s1. The van der Waals surface area contributed by atoms with Crippen LogP contribution in [0.1, 0.15) is 18.7 Å². The molecule has 0 unspecified atom stereocenters. The highest BCUT2D eigenvalue weighted by Crippen LogP contribution is 2.37. The first-order valence-corrected chi connectivity index (χ1v) is 16.6. The predicted octanol–water partition coefficient (Wildman–Crippen LogP) is -6.13. The third-order valence-electron chi connectivity index (χ3n) is 9.62. The van der Waals surface area contributed by atoms with Gasteiger partial charge in [0.25, 0.3) is 16.7 Å². The second-order valence-electron chi connectivity index (χ2n) is 13.0.